The van der Waals surface area contributed by atoms with E-state index < -0.39 is 0 Å². The van der Waals surface area contributed by atoms with Gasteiger partial charge in [0.1, 0.15) is 5.82 Å². The van der Waals surface area contributed by atoms with Gasteiger partial charge in [-0.1, -0.05) is 18.2 Å². The molecule has 2 aromatic carbocycles. The van der Waals surface area contributed by atoms with Gasteiger partial charge in [-0.15, -0.1) is 0 Å². The molecule has 0 spiro atoms. The van der Waals surface area contributed by atoms with Gasteiger partial charge in [-0.25, -0.2) is 4.98 Å². The maximum Gasteiger partial charge on any atom is 0.227 e. The highest BCUT2D eigenvalue weighted by Crippen LogP contribution is 2.38. The van der Waals surface area contributed by atoms with Crippen LogP contribution in [0, 0.1) is 11.3 Å². The van der Waals surface area contributed by atoms with E-state index in [1.54, 1.807) is 0 Å². The van der Waals surface area contributed by atoms with Gasteiger partial charge in [-0.2, -0.15) is 15.3 Å². The molecule has 3 heterocycles. The fourth-order valence-electron chi connectivity index (χ4n) is 4.84. The number of fused-ring (bicyclic) bond motifs is 1. The van der Waals surface area contributed by atoms with Gasteiger partial charge < -0.3 is 15.1 Å². The summed E-state index contributed by atoms with van der Waals surface area (Å²) in [5.74, 6) is 1.52. The molecule has 0 atom stereocenters. The van der Waals surface area contributed by atoms with E-state index in [1.165, 1.54) is 0 Å². The van der Waals surface area contributed by atoms with Crippen LogP contribution in [0.1, 0.15) is 18.4 Å². The van der Waals surface area contributed by atoms with Gasteiger partial charge in [0.25, 0.3) is 0 Å². The summed E-state index contributed by atoms with van der Waals surface area (Å²) in [6, 6.07) is 16.6. The Morgan fingerprint density at radius 3 is 2.40 bits per heavy atom. The molecule has 1 aliphatic rings. The number of nitrogens with one attached hydrogen (secondary N) is 1. The smallest absolute Gasteiger partial charge is 0.227 e. The minimum atomic E-state index is 0.582. The maximum atomic E-state index is 9.29. The van der Waals surface area contributed by atoms with Crippen molar-refractivity contribution >= 4 is 22.7 Å². The lowest BCUT2D eigenvalue weighted by molar-refractivity contribution is 0.249. The molecule has 178 valence electrons. The zero-order valence-electron chi connectivity index (χ0n) is 20.7. The largest absolute Gasteiger partial charge is 0.372 e. The van der Waals surface area contributed by atoms with E-state index in [4.69, 9.17) is 9.97 Å². The Kier molecular flexibility index (Phi) is 6.10. The van der Waals surface area contributed by atoms with E-state index >= 15 is 0 Å². The molecule has 8 heteroatoms. The number of hydrogen-bond donors (Lipinski definition) is 1. The number of nitrogens with zero attached hydrogens (tertiary/aromatic N) is 7. The molecule has 0 unspecified atom stereocenters. The molecule has 0 bridgehead atoms. The van der Waals surface area contributed by atoms with Crippen molar-refractivity contribution in [3.05, 3.63) is 54.2 Å². The predicted octanol–water partition coefficient (Wildman–Crippen LogP) is 4.14. The summed E-state index contributed by atoms with van der Waals surface area (Å²) in [6.45, 7) is 1.83. The van der Waals surface area contributed by atoms with Crippen LogP contribution in [0.25, 0.3) is 33.3 Å². The molecule has 0 amide bonds. The van der Waals surface area contributed by atoms with Gasteiger partial charge in [0.15, 0.2) is 0 Å². The second kappa shape index (κ2) is 9.35. The fraction of sp³-hybridized carbons (Fsp3) is 0.333. The minimum absolute atomic E-state index is 0.582. The maximum absolute atomic E-state index is 9.29. The van der Waals surface area contributed by atoms with E-state index in [2.05, 4.69) is 52.5 Å². The molecular formula is C27H30N8. The second-order valence-electron chi connectivity index (χ2n) is 9.29. The predicted molar refractivity (Wildman–Crippen MR) is 140 cm³/mol. The summed E-state index contributed by atoms with van der Waals surface area (Å²) in [6.07, 6.45) is 4.18. The van der Waals surface area contributed by atoms with Crippen LogP contribution in [0.3, 0.4) is 0 Å². The van der Waals surface area contributed by atoms with E-state index in [-0.39, 0.29) is 0 Å². The lowest BCUT2D eigenvalue weighted by Crippen LogP contribution is -2.42. The lowest BCUT2D eigenvalue weighted by atomic mass is 9.98. The van der Waals surface area contributed by atoms with Gasteiger partial charge in [-0.05, 0) is 56.8 Å². The number of anilines is 2. The second-order valence-corrected chi connectivity index (χ2v) is 9.29. The minimum Gasteiger partial charge on any atom is -0.372 e. The SMILES string of the molecule is CNc1nc(N2CCC(N(C)C)CC2)nc(-c2ccc(C#N)cc2)c1-c1ccc2nn(C)cc2c1. The number of piperidine rings is 1. The molecule has 0 radical (unpaired) electrons. The third-order valence-corrected chi connectivity index (χ3v) is 6.81. The van der Waals surface area contributed by atoms with E-state index in [0.29, 0.717) is 11.6 Å². The van der Waals surface area contributed by atoms with Gasteiger partial charge >= 0.3 is 0 Å². The van der Waals surface area contributed by atoms with Crippen LogP contribution in [0.4, 0.5) is 11.8 Å². The summed E-state index contributed by atoms with van der Waals surface area (Å²) >= 11 is 0. The molecule has 5 rings (SSSR count). The van der Waals surface area contributed by atoms with Crippen molar-refractivity contribution in [2.24, 2.45) is 7.05 Å². The molecule has 35 heavy (non-hydrogen) atoms. The van der Waals surface area contributed by atoms with Crippen LogP contribution in [-0.4, -0.2) is 64.9 Å². The molecular weight excluding hydrogens is 436 g/mol. The first-order valence-electron chi connectivity index (χ1n) is 11.9. The number of aromatic nitrogens is 4. The molecule has 1 fully saturated rings. The highest BCUT2D eigenvalue weighted by Gasteiger charge is 2.25. The zero-order chi connectivity index (χ0) is 24.5. The molecule has 0 aliphatic carbocycles. The van der Waals surface area contributed by atoms with Crippen LogP contribution >= 0.6 is 0 Å². The van der Waals surface area contributed by atoms with Crippen molar-refractivity contribution in [3.63, 3.8) is 0 Å². The Morgan fingerprint density at radius 2 is 1.74 bits per heavy atom. The van der Waals surface area contributed by atoms with Gasteiger partial charge in [0, 0.05) is 50.4 Å². The molecule has 4 aromatic rings. The molecule has 1 aliphatic heterocycles. The van der Waals surface area contributed by atoms with Crippen LogP contribution in [-0.2, 0) is 7.05 Å². The van der Waals surface area contributed by atoms with Crippen LogP contribution < -0.4 is 10.2 Å². The summed E-state index contributed by atoms with van der Waals surface area (Å²) in [4.78, 5) is 14.7. The zero-order valence-corrected chi connectivity index (χ0v) is 20.7. The Balaban J connectivity index is 1.65. The van der Waals surface area contributed by atoms with Gasteiger partial charge in [-0.3, -0.25) is 4.68 Å². The topological polar surface area (TPSA) is 85.9 Å². The third-order valence-electron chi connectivity index (χ3n) is 6.81. The van der Waals surface area contributed by atoms with Crippen molar-refractivity contribution in [2.45, 2.75) is 18.9 Å². The Hall–Kier alpha value is -3.96. The number of rotatable bonds is 5. The summed E-state index contributed by atoms with van der Waals surface area (Å²) in [7, 11) is 8.12. The van der Waals surface area contributed by atoms with Crippen molar-refractivity contribution in [1.82, 2.24) is 24.6 Å². The monoisotopic (exact) mass is 466 g/mol. The Morgan fingerprint density at radius 1 is 1.03 bits per heavy atom. The van der Waals surface area contributed by atoms with Crippen molar-refractivity contribution in [1.29, 1.82) is 5.26 Å². The third kappa shape index (κ3) is 4.43. The van der Waals surface area contributed by atoms with E-state index in [0.717, 1.165) is 71.0 Å². The standard InChI is InChI=1S/C27H30N8/c1-29-26-24(20-9-10-23-21(15-20)17-34(4)32-23)25(19-7-5-18(16-28)6-8-19)30-27(31-26)35-13-11-22(12-14-35)33(2)3/h5-10,15,17,22H,11-14H2,1-4H3,(H,29,30,31). The van der Waals surface area contributed by atoms with Gasteiger partial charge in [0.05, 0.1) is 28.4 Å². The highest BCUT2D eigenvalue weighted by atomic mass is 15.3. The first-order valence-corrected chi connectivity index (χ1v) is 11.9. The molecule has 8 nitrogen and oxygen atoms in total. The first kappa shape index (κ1) is 22.8. The Labute approximate surface area is 205 Å². The quantitative estimate of drug-likeness (QED) is 0.473. The average Bonchev–Trinajstić information content (AvgIpc) is 3.27. The normalized spacial score (nSPS) is 14.5. The van der Waals surface area contributed by atoms with Crippen LogP contribution in [0.5, 0.6) is 0 Å². The van der Waals surface area contributed by atoms with Crippen molar-refractivity contribution < 1.29 is 0 Å². The number of benzene rings is 2. The summed E-state index contributed by atoms with van der Waals surface area (Å²) in [5, 5.41) is 18.2. The highest BCUT2D eigenvalue weighted by molar-refractivity contribution is 5.93. The molecule has 1 saturated heterocycles. The van der Waals surface area contributed by atoms with Crippen molar-refractivity contribution in [3.8, 4) is 28.5 Å². The van der Waals surface area contributed by atoms with Crippen LogP contribution in [0.2, 0.25) is 0 Å². The van der Waals surface area contributed by atoms with E-state index in [9.17, 15) is 5.26 Å². The average molecular weight is 467 g/mol. The molecule has 1 N–H and O–H groups in total. The lowest BCUT2D eigenvalue weighted by Gasteiger charge is -2.35. The van der Waals surface area contributed by atoms with Crippen LogP contribution in [0.15, 0.2) is 48.7 Å². The number of aryl methyl sites for hydroxylation is 1. The van der Waals surface area contributed by atoms with Crippen molar-refractivity contribution in [2.75, 3.05) is 44.4 Å². The van der Waals surface area contributed by atoms with E-state index in [1.807, 2.05) is 55.3 Å². The first-order chi connectivity index (χ1) is 17.0. The summed E-state index contributed by atoms with van der Waals surface area (Å²) < 4.78 is 1.83. The summed E-state index contributed by atoms with van der Waals surface area (Å²) in [5.41, 5.74) is 5.34. The van der Waals surface area contributed by atoms with Gasteiger partial charge in [0.2, 0.25) is 5.95 Å². The Bertz CT molecular complexity index is 1390. The number of hydrogen-bond acceptors (Lipinski definition) is 7. The molecule has 0 saturated carbocycles. The fourth-order valence-corrected chi connectivity index (χ4v) is 4.84. The molecule has 2 aromatic heterocycles. The number of nitriles is 1.